The molecule has 1 aromatic carbocycles. The number of benzene rings is 1. The van der Waals surface area contributed by atoms with E-state index in [1.165, 1.54) is 38.0 Å². The molecule has 1 aromatic rings. The van der Waals surface area contributed by atoms with Crippen LogP contribution in [0.1, 0.15) is 24.3 Å². The third-order valence-electron chi connectivity index (χ3n) is 3.15. The quantitative estimate of drug-likeness (QED) is 0.758. The summed E-state index contributed by atoms with van der Waals surface area (Å²) in [6, 6.07) is 10.9. The van der Waals surface area contributed by atoms with E-state index in [4.69, 9.17) is 0 Å². The van der Waals surface area contributed by atoms with Crippen LogP contribution in [0.5, 0.6) is 0 Å². The van der Waals surface area contributed by atoms with Crippen molar-refractivity contribution in [2.45, 2.75) is 18.8 Å². The van der Waals surface area contributed by atoms with Gasteiger partial charge in [-0.25, -0.2) is 0 Å². The Morgan fingerprint density at radius 3 is 2.80 bits per heavy atom. The number of nitrogens with zero attached hydrogens (tertiary/aromatic N) is 1. The van der Waals surface area contributed by atoms with E-state index in [0.29, 0.717) is 0 Å². The molecule has 1 aliphatic heterocycles. The molecule has 0 radical (unpaired) electrons. The zero-order chi connectivity index (χ0) is 10.5. The molecule has 1 aliphatic rings. The number of rotatable bonds is 4. The molecular formula is C13H18BrN. The van der Waals surface area contributed by atoms with Gasteiger partial charge in [0.05, 0.1) is 0 Å². The Morgan fingerprint density at radius 1 is 1.27 bits per heavy atom. The van der Waals surface area contributed by atoms with E-state index < -0.39 is 0 Å². The molecule has 0 spiro atoms. The Kier molecular flexibility index (Phi) is 4.21. The molecule has 1 nitrogen and oxygen atoms in total. The molecule has 2 rings (SSSR count). The molecule has 0 N–H and O–H groups in total. The second-order valence-electron chi connectivity index (χ2n) is 4.24. The summed E-state index contributed by atoms with van der Waals surface area (Å²) in [5, 5.41) is 1.12. The summed E-state index contributed by atoms with van der Waals surface area (Å²) in [5.74, 6) is 0.765. The van der Waals surface area contributed by atoms with Crippen molar-refractivity contribution in [2.24, 2.45) is 0 Å². The van der Waals surface area contributed by atoms with Crippen molar-refractivity contribution in [1.29, 1.82) is 0 Å². The molecule has 2 heteroatoms. The van der Waals surface area contributed by atoms with Crippen LogP contribution in [0.4, 0.5) is 0 Å². The molecule has 0 aromatic heterocycles. The van der Waals surface area contributed by atoms with Crippen molar-refractivity contribution in [2.75, 3.05) is 25.0 Å². The molecule has 1 atom stereocenters. The van der Waals surface area contributed by atoms with Crippen LogP contribution in [0.3, 0.4) is 0 Å². The van der Waals surface area contributed by atoms with E-state index in [2.05, 4.69) is 51.2 Å². The Bertz CT molecular complexity index is 286. The third-order valence-corrected chi connectivity index (χ3v) is 3.71. The fourth-order valence-electron chi connectivity index (χ4n) is 2.32. The first kappa shape index (κ1) is 11.2. The zero-order valence-corrected chi connectivity index (χ0v) is 10.6. The lowest BCUT2D eigenvalue weighted by atomic mass is 9.99. The fraction of sp³-hybridized carbons (Fsp3) is 0.538. The number of hydrogen-bond donors (Lipinski definition) is 0. The van der Waals surface area contributed by atoms with E-state index in [0.717, 1.165) is 11.2 Å². The predicted octanol–water partition coefficient (Wildman–Crippen LogP) is 3.26. The van der Waals surface area contributed by atoms with Crippen LogP contribution in [0, 0.1) is 0 Å². The van der Waals surface area contributed by atoms with Crippen molar-refractivity contribution in [3.8, 4) is 0 Å². The summed E-state index contributed by atoms with van der Waals surface area (Å²) in [4.78, 5) is 2.58. The molecular weight excluding hydrogens is 250 g/mol. The van der Waals surface area contributed by atoms with Gasteiger partial charge in [-0.3, -0.25) is 0 Å². The first-order valence-corrected chi connectivity index (χ1v) is 6.85. The summed E-state index contributed by atoms with van der Waals surface area (Å²) < 4.78 is 0. The number of likely N-dealkylation sites (tertiary alicyclic amines) is 1. The maximum atomic E-state index is 3.49. The van der Waals surface area contributed by atoms with Gasteiger partial charge >= 0.3 is 0 Å². The Morgan fingerprint density at radius 2 is 2.07 bits per heavy atom. The number of hydrogen-bond acceptors (Lipinski definition) is 1. The Labute approximate surface area is 101 Å². The van der Waals surface area contributed by atoms with E-state index in [1.807, 2.05) is 0 Å². The highest BCUT2D eigenvalue weighted by molar-refractivity contribution is 9.09. The predicted molar refractivity (Wildman–Crippen MR) is 68.7 cm³/mol. The first-order valence-electron chi connectivity index (χ1n) is 5.73. The maximum absolute atomic E-state index is 3.49. The van der Waals surface area contributed by atoms with Crippen LogP contribution in [0.2, 0.25) is 0 Å². The minimum Gasteiger partial charge on any atom is -0.303 e. The van der Waals surface area contributed by atoms with Gasteiger partial charge in [-0.2, -0.15) is 0 Å². The fourth-order valence-corrected chi connectivity index (χ4v) is 2.57. The van der Waals surface area contributed by atoms with E-state index in [1.54, 1.807) is 0 Å². The average molecular weight is 268 g/mol. The molecule has 1 fully saturated rings. The molecule has 0 aliphatic carbocycles. The van der Waals surface area contributed by atoms with Gasteiger partial charge in [-0.05, 0) is 37.4 Å². The summed E-state index contributed by atoms with van der Waals surface area (Å²) in [5.41, 5.74) is 1.51. The zero-order valence-electron chi connectivity index (χ0n) is 9.03. The normalized spacial score (nSPS) is 22.1. The van der Waals surface area contributed by atoms with Gasteiger partial charge < -0.3 is 4.90 Å². The minimum atomic E-state index is 0.765. The monoisotopic (exact) mass is 267 g/mol. The van der Waals surface area contributed by atoms with Gasteiger partial charge in [0.25, 0.3) is 0 Å². The highest BCUT2D eigenvalue weighted by atomic mass is 79.9. The molecule has 0 saturated carbocycles. The van der Waals surface area contributed by atoms with E-state index in [9.17, 15) is 0 Å². The van der Waals surface area contributed by atoms with Gasteiger partial charge in [0.2, 0.25) is 0 Å². The molecule has 82 valence electrons. The van der Waals surface area contributed by atoms with Gasteiger partial charge in [0.1, 0.15) is 0 Å². The molecule has 0 bridgehead atoms. The van der Waals surface area contributed by atoms with Crippen molar-refractivity contribution in [1.82, 2.24) is 4.90 Å². The molecule has 1 saturated heterocycles. The minimum absolute atomic E-state index is 0.765. The summed E-state index contributed by atoms with van der Waals surface area (Å²) in [6.07, 6.45) is 2.59. The summed E-state index contributed by atoms with van der Waals surface area (Å²) >= 11 is 3.49. The van der Waals surface area contributed by atoms with Crippen LogP contribution in [-0.4, -0.2) is 29.9 Å². The topological polar surface area (TPSA) is 3.24 Å². The summed E-state index contributed by atoms with van der Waals surface area (Å²) in [6.45, 7) is 3.76. The van der Waals surface area contributed by atoms with Gasteiger partial charge in [-0.1, -0.05) is 46.3 Å². The second-order valence-corrected chi connectivity index (χ2v) is 5.03. The SMILES string of the molecule is BrCCCN1CCC(c2ccccc2)C1. The first-order chi connectivity index (χ1) is 7.40. The largest absolute Gasteiger partial charge is 0.303 e. The lowest BCUT2D eigenvalue weighted by Gasteiger charge is -2.15. The van der Waals surface area contributed by atoms with Crippen molar-refractivity contribution in [3.05, 3.63) is 35.9 Å². The Balaban J connectivity index is 1.87. The van der Waals surface area contributed by atoms with Crippen LogP contribution < -0.4 is 0 Å². The number of alkyl halides is 1. The number of halogens is 1. The highest BCUT2D eigenvalue weighted by Gasteiger charge is 2.22. The Hall–Kier alpha value is -0.340. The lowest BCUT2D eigenvalue weighted by Crippen LogP contribution is -2.21. The maximum Gasteiger partial charge on any atom is 0.00508 e. The van der Waals surface area contributed by atoms with Gasteiger partial charge in [0, 0.05) is 11.9 Å². The van der Waals surface area contributed by atoms with Crippen molar-refractivity contribution in [3.63, 3.8) is 0 Å². The van der Waals surface area contributed by atoms with Crippen LogP contribution >= 0.6 is 15.9 Å². The summed E-state index contributed by atoms with van der Waals surface area (Å²) in [7, 11) is 0. The average Bonchev–Trinajstić information content (AvgIpc) is 2.76. The van der Waals surface area contributed by atoms with Gasteiger partial charge in [-0.15, -0.1) is 0 Å². The highest BCUT2D eigenvalue weighted by Crippen LogP contribution is 2.26. The molecule has 0 amide bonds. The molecule has 1 heterocycles. The van der Waals surface area contributed by atoms with Crippen LogP contribution in [-0.2, 0) is 0 Å². The second kappa shape index (κ2) is 5.66. The molecule has 1 unspecified atom stereocenters. The standard InChI is InChI=1S/C13H18BrN/c14-8-4-9-15-10-7-13(11-15)12-5-2-1-3-6-12/h1-3,5-6,13H,4,7-11H2. The molecule has 15 heavy (non-hydrogen) atoms. The lowest BCUT2D eigenvalue weighted by molar-refractivity contribution is 0.336. The van der Waals surface area contributed by atoms with Crippen molar-refractivity contribution < 1.29 is 0 Å². The van der Waals surface area contributed by atoms with E-state index in [-0.39, 0.29) is 0 Å². The van der Waals surface area contributed by atoms with E-state index >= 15 is 0 Å². The third kappa shape index (κ3) is 3.05. The van der Waals surface area contributed by atoms with Crippen molar-refractivity contribution >= 4 is 15.9 Å². The van der Waals surface area contributed by atoms with Crippen LogP contribution in [0.25, 0.3) is 0 Å². The van der Waals surface area contributed by atoms with Crippen LogP contribution in [0.15, 0.2) is 30.3 Å². The van der Waals surface area contributed by atoms with Gasteiger partial charge in [0.15, 0.2) is 0 Å². The smallest absolute Gasteiger partial charge is 0.00508 e.